The van der Waals surface area contributed by atoms with Gasteiger partial charge < -0.3 is 15.7 Å². The van der Waals surface area contributed by atoms with Crippen molar-refractivity contribution >= 4 is 29.4 Å². The molecule has 0 saturated carbocycles. The van der Waals surface area contributed by atoms with Crippen LogP contribution in [0.2, 0.25) is 0 Å². The Balaban J connectivity index is 1.80. The highest BCUT2D eigenvalue weighted by atomic mass is 32.2. The lowest BCUT2D eigenvalue weighted by atomic mass is 10.1. The first kappa shape index (κ1) is 15.7. The quantitative estimate of drug-likeness (QED) is 0.781. The number of hydrogen-bond acceptors (Lipinski definition) is 3. The first-order valence-corrected chi connectivity index (χ1v) is 7.95. The Bertz CT molecular complexity index is 510. The second kappa shape index (κ2) is 6.85. The highest BCUT2D eigenvalue weighted by Gasteiger charge is 2.29. The zero-order valence-corrected chi connectivity index (χ0v) is 12.8. The van der Waals surface area contributed by atoms with Gasteiger partial charge in [-0.15, -0.1) is 0 Å². The first-order valence-electron chi connectivity index (χ1n) is 6.96. The molecular formula is C15H20N2O3S. The van der Waals surface area contributed by atoms with Gasteiger partial charge in [0, 0.05) is 17.0 Å². The highest BCUT2D eigenvalue weighted by Crippen LogP contribution is 2.36. The van der Waals surface area contributed by atoms with Crippen LogP contribution >= 0.6 is 11.8 Å². The third-order valence-corrected chi connectivity index (χ3v) is 5.03. The number of amides is 2. The number of rotatable bonds is 5. The van der Waals surface area contributed by atoms with Crippen LogP contribution in [0.4, 0.5) is 10.5 Å². The van der Waals surface area contributed by atoms with E-state index < -0.39 is 5.97 Å². The van der Waals surface area contributed by atoms with Gasteiger partial charge in [0.1, 0.15) is 0 Å². The fourth-order valence-electron chi connectivity index (χ4n) is 2.30. The van der Waals surface area contributed by atoms with E-state index in [1.54, 1.807) is 24.3 Å². The minimum absolute atomic E-state index is 0.0119. The fraction of sp³-hybridized carbons (Fsp3) is 0.467. The van der Waals surface area contributed by atoms with Crippen LogP contribution in [-0.4, -0.2) is 34.2 Å². The van der Waals surface area contributed by atoms with Crippen LogP contribution < -0.4 is 10.6 Å². The van der Waals surface area contributed by atoms with Gasteiger partial charge in [0.2, 0.25) is 0 Å². The molecule has 1 saturated heterocycles. The van der Waals surface area contributed by atoms with Crippen LogP contribution in [0.1, 0.15) is 25.3 Å². The van der Waals surface area contributed by atoms with Gasteiger partial charge in [-0.25, -0.2) is 4.79 Å². The Morgan fingerprint density at radius 1 is 1.33 bits per heavy atom. The molecule has 21 heavy (non-hydrogen) atoms. The van der Waals surface area contributed by atoms with Crippen molar-refractivity contribution in [1.29, 1.82) is 0 Å². The topological polar surface area (TPSA) is 78.4 Å². The molecule has 1 heterocycles. The standard InChI is InChI=1S/C15H20N2O3S/c1-15(7-2-8-21-15)10-16-14(20)17-12-5-3-11(4-6-12)9-13(18)19/h3-6H,2,7-10H2,1H3,(H,18,19)(H2,16,17,20). The molecule has 1 aliphatic rings. The zero-order valence-electron chi connectivity index (χ0n) is 12.0. The largest absolute Gasteiger partial charge is 0.481 e. The van der Waals surface area contributed by atoms with Crippen molar-refractivity contribution in [3.05, 3.63) is 29.8 Å². The normalized spacial score (nSPS) is 21.0. The Hall–Kier alpha value is -1.69. The van der Waals surface area contributed by atoms with Crippen molar-refractivity contribution < 1.29 is 14.7 Å². The highest BCUT2D eigenvalue weighted by molar-refractivity contribution is 8.00. The maximum absolute atomic E-state index is 11.8. The monoisotopic (exact) mass is 308 g/mol. The summed E-state index contributed by atoms with van der Waals surface area (Å²) in [4.78, 5) is 22.4. The second-order valence-electron chi connectivity index (χ2n) is 5.48. The molecule has 1 aliphatic heterocycles. The van der Waals surface area contributed by atoms with Crippen molar-refractivity contribution in [2.75, 3.05) is 17.6 Å². The minimum atomic E-state index is -0.865. The lowest BCUT2D eigenvalue weighted by Gasteiger charge is -2.22. The van der Waals surface area contributed by atoms with Gasteiger partial charge in [-0.05, 0) is 43.2 Å². The van der Waals surface area contributed by atoms with E-state index in [-0.39, 0.29) is 17.2 Å². The Labute approximate surface area is 128 Å². The molecule has 0 aliphatic carbocycles. The molecule has 1 atom stereocenters. The average molecular weight is 308 g/mol. The number of carbonyl (C=O) groups excluding carboxylic acids is 1. The summed E-state index contributed by atoms with van der Waals surface area (Å²) in [7, 11) is 0. The molecule has 1 aromatic rings. The van der Waals surface area contributed by atoms with Gasteiger partial charge >= 0.3 is 12.0 Å². The fourth-order valence-corrected chi connectivity index (χ4v) is 3.54. The number of carbonyl (C=O) groups is 2. The van der Waals surface area contributed by atoms with Crippen LogP contribution in [0.15, 0.2) is 24.3 Å². The summed E-state index contributed by atoms with van der Waals surface area (Å²) in [5, 5.41) is 14.4. The summed E-state index contributed by atoms with van der Waals surface area (Å²) < 4.78 is 0.142. The Kier molecular flexibility index (Phi) is 5.12. The lowest BCUT2D eigenvalue weighted by molar-refractivity contribution is -0.136. The summed E-state index contributed by atoms with van der Waals surface area (Å²) in [6.45, 7) is 2.83. The van der Waals surface area contributed by atoms with E-state index >= 15 is 0 Å². The number of benzene rings is 1. The second-order valence-corrected chi connectivity index (χ2v) is 7.16. The Morgan fingerprint density at radius 2 is 2.05 bits per heavy atom. The number of nitrogens with one attached hydrogen (secondary N) is 2. The van der Waals surface area contributed by atoms with Crippen LogP contribution in [0, 0.1) is 0 Å². The predicted octanol–water partition coefficient (Wildman–Crippen LogP) is 2.72. The van der Waals surface area contributed by atoms with E-state index in [1.807, 2.05) is 11.8 Å². The third kappa shape index (κ3) is 4.97. The molecular weight excluding hydrogens is 288 g/mol. The molecule has 5 nitrogen and oxygen atoms in total. The maximum Gasteiger partial charge on any atom is 0.319 e. The molecule has 0 aromatic heterocycles. The SMILES string of the molecule is CC1(CNC(=O)Nc2ccc(CC(=O)O)cc2)CCCS1. The van der Waals surface area contributed by atoms with E-state index in [4.69, 9.17) is 5.11 Å². The summed E-state index contributed by atoms with van der Waals surface area (Å²) in [6.07, 6.45) is 2.32. The van der Waals surface area contributed by atoms with Gasteiger partial charge in [-0.3, -0.25) is 4.79 Å². The van der Waals surface area contributed by atoms with Crippen LogP contribution in [-0.2, 0) is 11.2 Å². The predicted molar refractivity (Wildman–Crippen MR) is 84.9 cm³/mol. The number of anilines is 1. The molecule has 1 fully saturated rings. The lowest BCUT2D eigenvalue weighted by Crippen LogP contribution is -2.39. The van der Waals surface area contributed by atoms with Gasteiger partial charge in [-0.1, -0.05) is 12.1 Å². The molecule has 1 aromatic carbocycles. The molecule has 2 amide bonds. The van der Waals surface area contributed by atoms with E-state index in [0.29, 0.717) is 17.8 Å². The number of thioether (sulfide) groups is 1. The van der Waals surface area contributed by atoms with Crippen molar-refractivity contribution in [2.24, 2.45) is 0 Å². The summed E-state index contributed by atoms with van der Waals surface area (Å²) in [5.41, 5.74) is 1.37. The van der Waals surface area contributed by atoms with Gasteiger partial charge in [-0.2, -0.15) is 11.8 Å². The van der Waals surface area contributed by atoms with Crippen molar-refractivity contribution in [3.63, 3.8) is 0 Å². The number of hydrogen-bond donors (Lipinski definition) is 3. The molecule has 1 unspecified atom stereocenters. The molecule has 6 heteroatoms. The third-order valence-electron chi connectivity index (χ3n) is 3.49. The summed E-state index contributed by atoms with van der Waals surface area (Å²) in [6, 6.07) is 6.61. The zero-order chi connectivity index (χ0) is 15.3. The van der Waals surface area contributed by atoms with E-state index in [2.05, 4.69) is 17.6 Å². The van der Waals surface area contributed by atoms with Crippen LogP contribution in [0.3, 0.4) is 0 Å². The number of carboxylic acids is 1. The molecule has 0 bridgehead atoms. The molecule has 2 rings (SSSR count). The summed E-state index contributed by atoms with van der Waals surface area (Å²) in [5.74, 6) is 0.293. The molecule has 3 N–H and O–H groups in total. The van der Waals surface area contributed by atoms with Gasteiger partial charge in [0.25, 0.3) is 0 Å². The van der Waals surface area contributed by atoms with Crippen molar-refractivity contribution in [3.8, 4) is 0 Å². The number of urea groups is 1. The van der Waals surface area contributed by atoms with Crippen LogP contribution in [0.5, 0.6) is 0 Å². The maximum atomic E-state index is 11.8. The molecule has 114 valence electrons. The molecule has 0 radical (unpaired) electrons. The minimum Gasteiger partial charge on any atom is -0.481 e. The van der Waals surface area contributed by atoms with Crippen molar-refractivity contribution in [2.45, 2.75) is 30.9 Å². The van der Waals surface area contributed by atoms with E-state index in [1.165, 1.54) is 6.42 Å². The number of aliphatic carboxylic acids is 1. The summed E-state index contributed by atoms with van der Waals surface area (Å²) >= 11 is 1.90. The van der Waals surface area contributed by atoms with Gasteiger partial charge in [0.05, 0.1) is 6.42 Å². The molecule has 0 spiro atoms. The van der Waals surface area contributed by atoms with Crippen LogP contribution in [0.25, 0.3) is 0 Å². The smallest absolute Gasteiger partial charge is 0.319 e. The van der Waals surface area contributed by atoms with Crippen molar-refractivity contribution in [1.82, 2.24) is 5.32 Å². The first-order chi connectivity index (χ1) is 9.97. The average Bonchev–Trinajstić information content (AvgIpc) is 2.86. The van der Waals surface area contributed by atoms with Gasteiger partial charge in [0.15, 0.2) is 0 Å². The van der Waals surface area contributed by atoms with E-state index in [0.717, 1.165) is 12.2 Å². The van der Waals surface area contributed by atoms with E-state index in [9.17, 15) is 9.59 Å². The number of carboxylic acid groups (broad SMARTS) is 1. The Morgan fingerprint density at radius 3 is 2.62 bits per heavy atom.